The van der Waals surface area contributed by atoms with Gasteiger partial charge in [0.2, 0.25) is 0 Å². The molecule has 2 aliphatic carbocycles. The normalized spacial score (nSPS) is 36.4. The number of hydrogen-bond donors (Lipinski definition) is 1. The van der Waals surface area contributed by atoms with Gasteiger partial charge in [0, 0.05) is 37.3 Å². The fraction of sp³-hybridized carbons (Fsp3) is 0.677. The molecule has 6 nitrogen and oxygen atoms in total. The van der Waals surface area contributed by atoms with E-state index in [9.17, 15) is 9.90 Å². The average molecular weight is 503 g/mol. The van der Waals surface area contributed by atoms with E-state index in [1.54, 1.807) is 0 Å². The summed E-state index contributed by atoms with van der Waals surface area (Å²) in [4.78, 5) is 23.8. The SMILES string of the molecule is C=C(O)C1CN(c2nc3ccccc3n([C@H]3C[C@H]4CCC[C@@H](C3)N4[C@H]3C[C@@H]4C[C@@H](C)C[C@@H](C4)C3)c2=O)C1. The van der Waals surface area contributed by atoms with Gasteiger partial charge >= 0.3 is 0 Å². The summed E-state index contributed by atoms with van der Waals surface area (Å²) in [6.45, 7) is 7.38. The van der Waals surface area contributed by atoms with E-state index in [0.717, 1.165) is 47.7 Å². The lowest BCUT2D eigenvalue weighted by Gasteiger charge is -2.56. The van der Waals surface area contributed by atoms with E-state index < -0.39 is 0 Å². The van der Waals surface area contributed by atoms with Crippen molar-refractivity contribution < 1.29 is 5.11 Å². The number of fused-ring (bicyclic) bond motifs is 5. The average Bonchev–Trinajstić information content (AvgIpc) is 2.81. The smallest absolute Gasteiger partial charge is 0.294 e. The molecular formula is C31H42N4O2. The van der Waals surface area contributed by atoms with Crippen LogP contribution in [0, 0.1) is 23.7 Å². The molecule has 3 saturated heterocycles. The molecule has 7 rings (SSSR count). The topological polar surface area (TPSA) is 61.6 Å². The minimum Gasteiger partial charge on any atom is -0.513 e. The van der Waals surface area contributed by atoms with Crippen LogP contribution in [0.1, 0.15) is 77.2 Å². The molecule has 2 aromatic rings. The molecule has 5 aliphatic rings. The standard InChI is InChI=1S/C31H42N4O2/c1-19-10-21-12-22(11-19)14-26(13-21)34-24-6-5-7-25(34)16-27(15-24)35-29-9-4-3-8-28(29)32-30(31(35)37)33-17-23(18-33)20(2)36/h3-4,8-9,19,21-27,36H,2,5-7,10-18H2,1H3/t19-,21-,22+,24-,25+,26+,27+. The van der Waals surface area contributed by atoms with Crippen molar-refractivity contribution in [1.82, 2.24) is 14.5 Å². The van der Waals surface area contributed by atoms with Gasteiger partial charge in [-0.1, -0.05) is 32.1 Å². The number of benzene rings is 1. The first-order valence-electron chi connectivity index (χ1n) is 14.9. The van der Waals surface area contributed by atoms with Crippen molar-refractivity contribution in [3.05, 3.63) is 47.0 Å². The molecule has 1 aromatic carbocycles. The molecular weight excluding hydrogens is 460 g/mol. The Labute approximate surface area is 220 Å². The van der Waals surface area contributed by atoms with Gasteiger partial charge in [0.1, 0.15) is 0 Å². The maximum absolute atomic E-state index is 14.0. The largest absolute Gasteiger partial charge is 0.513 e. The third-order valence-electron chi connectivity index (χ3n) is 10.6. The molecule has 37 heavy (non-hydrogen) atoms. The highest BCUT2D eigenvalue weighted by Gasteiger charge is 2.46. The van der Waals surface area contributed by atoms with Gasteiger partial charge < -0.3 is 14.6 Å². The Bertz CT molecular complexity index is 1220. The van der Waals surface area contributed by atoms with E-state index in [2.05, 4.69) is 29.0 Å². The first-order valence-corrected chi connectivity index (χ1v) is 14.9. The van der Waals surface area contributed by atoms with E-state index in [1.165, 1.54) is 51.4 Å². The lowest BCUT2D eigenvalue weighted by atomic mass is 9.65. The summed E-state index contributed by atoms with van der Waals surface area (Å²) in [5.41, 5.74) is 1.90. The number of anilines is 1. The Hall–Kier alpha value is -2.34. The molecule has 6 heteroatoms. The predicted octanol–water partition coefficient (Wildman–Crippen LogP) is 5.68. The highest BCUT2D eigenvalue weighted by Crippen LogP contribution is 2.48. The maximum Gasteiger partial charge on any atom is 0.294 e. The zero-order chi connectivity index (χ0) is 25.3. The Morgan fingerprint density at radius 3 is 2.27 bits per heavy atom. The number of aliphatic hydroxyl groups is 1. The van der Waals surface area contributed by atoms with Crippen LogP contribution in [0.25, 0.3) is 11.0 Å². The summed E-state index contributed by atoms with van der Waals surface area (Å²) in [6.07, 6.45) is 13.1. The van der Waals surface area contributed by atoms with Crippen molar-refractivity contribution in [2.45, 2.75) is 95.3 Å². The van der Waals surface area contributed by atoms with Crippen molar-refractivity contribution in [3.63, 3.8) is 0 Å². The number of piperidine rings is 2. The second-order valence-electron chi connectivity index (χ2n) is 13.2. The number of aliphatic hydroxyl groups excluding tert-OH is 1. The van der Waals surface area contributed by atoms with Crippen LogP contribution in [-0.2, 0) is 0 Å². The van der Waals surface area contributed by atoms with Gasteiger partial charge in [-0.2, -0.15) is 0 Å². The molecule has 0 unspecified atom stereocenters. The molecule has 2 saturated carbocycles. The highest BCUT2D eigenvalue weighted by molar-refractivity contribution is 5.76. The van der Waals surface area contributed by atoms with Gasteiger partial charge in [-0.25, -0.2) is 4.98 Å². The van der Waals surface area contributed by atoms with Crippen LogP contribution in [0.15, 0.2) is 41.4 Å². The van der Waals surface area contributed by atoms with Gasteiger partial charge in [0.15, 0.2) is 5.82 Å². The Morgan fingerprint density at radius 2 is 1.59 bits per heavy atom. The lowest BCUT2D eigenvalue weighted by Crippen LogP contribution is -2.59. The number of aromatic nitrogens is 2. The van der Waals surface area contributed by atoms with Crippen molar-refractivity contribution in [2.75, 3.05) is 18.0 Å². The summed E-state index contributed by atoms with van der Waals surface area (Å²) >= 11 is 0. The molecule has 4 heterocycles. The number of rotatable bonds is 4. The first kappa shape index (κ1) is 23.8. The number of nitrogens with zero attached hydrogens (tertiary/aromatic N) is 4. The van der Waals surface area contributed by atoms with Crippen LogP contribution >= 0.6 is 0 Å². The molecule has 4 bridgehead atoms. The molecule has 7 atom stereocenters. The minimum absolute atomic E-state index is 0.0293. The van der Waals surface area contributed by atoms with Gasteiger partial charge in [-0.15, -0.1) is 0 Å². The van der Waals surface area contributed by atoms with Crippen LogP contribution in [0.4, 0.5) is 5.82 Å². The van der Waals surface area contributed by atoms with Crippen LogP contribution in [0.5, 0.6) is 0 Å². The zero-order valence-corrected chi connectivity index (χ0v) is 22.3. The number of para-hydroxylation sites is 2. The van der Waals surface area contributed by atoms with E-state index >= 15 is 0 Å². The fourth-order valence-electron chi connectivity index (χ4n) is 9.16. The molecule has 0 amide bonds. The molecule has 3 aliphatic heterocycles. The van der Waals surface area contributed by atoms with Gasteiger partial charge in [0.25, 0.3) is 5.56 Å². The molecule has 5 fully saturated rings. The van der Waals surface area contributed by atoms with Crippen molar-refractivity contribution in [3.8, 4) is 0 Å². The molecule has 1 N–H and O–H groups in total. The molecule has 1 aromatic heterocycles. The van der Waals surface area contributed by atoms with E-state index in [4.69, 9.17) is 4.98 Å². The Morgan fingerprint density at radius 1 is 0.919 bits per heavy atom. The van der Waals surface area contributed by atoms with Crippen LogP contribution in [0.3, 0.4) is 0 Å². The second kappa shape index (κ2) is 9.14. The first-order chi connectivity index (χ1) is 17.9. The minimum atomic E-state index is 0.0293. The summed E-state index contributed by atoms with van der Waals surface area (Å²) in [7, 11) is 0. The predicted molar refractivity (Wildman–Crippen MR) is 148 cm³/mol. The summed E-state index contributed by atoms with van der Waals surface area (Å²) in [5.74, 6) is 3.54. The Kier molecular flexibility index (Phi) is 5.87. The summed E-state index contributed by atoms with van der Waals surface area (Å²) in [5, 5.41) is 9.80. The fourth-order valence-corrected chi connectivity index (χ4v) is 9.16. The summed E-state index contributed by atoms with van der Waals surface area (Å²) < 4.78 is 2.11. The van der Waals surface area contributed by atoms with Crippen LogP contribution in [0.2, 0.25) is 0 Å². The maximum atomic E-state index is 14.0. The lowest BCUT2D eigenvalue weighted by molar-refractivity contribution is -0.0524. The van der Waals surface area contributed by atoms with Gasteiger partial charge in [0.05, 0.1) is 22.7 Å². The van der Waals surface area contributed by atoms with Crippen molar-refractivity contribution in [2.24, 2.45) is 23.7 Å². The third-order valence-corrected chi connectivity index (χ3v) is 10.6. The Balaban J connectivity index is 1.19. The van der Waals surface area contributed by atoms with E-state index in [1.807, 2.05) is 23.1 Å². The highest BCUT2D eigenvalue weighted by atomic mass is 16.3. The second-order valence-corrected chi connectivity index (χ2v) is 13.2. The van der Waals surface area contributed by atoms with E-state index in [-0.39, 0.29) is 23.3 Å². The van der Waals surface area contributed by atoms with Gasteiger partial charge in [-0.05, 0) is 87.7 Å². The third kappa shape index (κ3) is 4.10. The number of hydrogen-bond acceptors (Lipinski definition) is 5. The molecule has 0 radical (unpaired) electrons. The molecule has 198 valence electrons. The van der Waals surface area contributed by atoms with Crippen LogP contribution in [-0.4, -0.2) is 50.8 Å². The van der Waals surface area contributed by atoms with Gasteiger partial charge in [-0.3, -0.25) is 9.69 Å². The van der Waals surface area contributed by atoms with Crippen molar-refractivity contribution >= 4 is 16.9 Å². The van der Waals surface area contributed by atoms with Crippen molar-refractivity contribution in [1.29, 1.82) is 0 Å². The van der Waals surface area contributed by atoms with E-state index in [0.29, 0.717) is 31.0 Å². The quantitative estimate of drug-likeness (QED) is 0.545. The molecule has 0 spiro atoms. The zero-order valence-electron chi connectivity index (χ0n) is 22.3. The summed E-state index contributed by atoms with van der Waals surface area (Å²) in [6, 6.07) is 10.3. The monoisotopic (exact) mass is 502 g/mol. The van der Waals surface area contributed by atoms with Crippen LogP contribution < -0.4 is 10.5 Å².